The van der Waals surface area contributed by atoms with E-state index in [4.69, 9.17) is 4.74 Å². The Hall–Kier alpha value is -0.410. The molecular weight excluding hydrogens is 411 g/mol. The highest BCUT2D eigenvalue weighted by atomic mass is 127. The molecular formula is C15H27IN4OS. The van der Waals surface area contributed by atoms with Gasteiger partial charge in [0.25, 0.3) is 0 Å². The van der Waals surface area contributed by atoms with Gasteiger partial charge in [0.15, 0.2) is 5.96 Å². The van der Waals surface area contributed by atoms with Crippen LogP contribution in [0.5, 0.6) is 0 Å². The molecule has 1 saturated carbocycles. The number of ether oxygens (including phenoxy) is 1. The van der Waals surface area contributed by atoms with Crippen molar-refractivity contribution in [1.82, 2.24) is 15.6 Å². The van der Waals surface area contributed by atoms with Crippen LogP contribution in [-0.2, 0) is 17.7 Å². The van der Waals surface area contributed by atoms with Gasteiger partial charge in [-0.1, -0.05) is 20.8 Å². The molecule has 0 amide bonds. The van der Waals surface area contributed by atoms with Crippen molar-refractivity contribution in [3.8, 4) is 0 Å². The minimum atomic E-state index is 0. The van der Waals surface area contributed by atoms with Gasteiger partial charge in [0.1, 0.15) is 0 Å². The number of aromatic nitrogens is 1. The molecule has 1 aliphatic carbocycles. The van der Waals surface area contributed by atoms with Crippen LogP contribution in [0.25, 0.3) is 0 Å². The van der Waals surface area contributed by atoms with Crippen molar-refractivity contribution in [2.45, 2.75) is 52.3 Å². The molecule has 0 bridgehead atoms. The summed E-state index contributed by atoms with van der Waals surface area (Å²) in [5.41, 5.74) is 1.20. The van der Waals surface area contributed by atoms with E-state index in [0.29, 0.717) is 18.7 Å². The van der Waals surface area contributed by atoms with Gasteiger partial charge in [0.2, 0.25) is 0 Å². The van der Waals surface area contributed by atoms with E-state index in [0.717, 1.165) is 24.5 Å². The summed E-state index contributed by atoms with van der Waals surface area (Å²) in [4.78, 5) is 8.85. The van der Waals surface area contributed by atoms with E-state index >= 15 is 0 Å². The Morgan fingerprint density at radius 1 is 1.55 bits per heavy atom. The Bertz CT molecular complexity index is 503. The Morgan fingerprint density at radius 3 is 2.77 bits per heavy atom. The molecule has 0 spiro atoms. The summed E-state index contributed by atoms with van der Waals surface area (Å²) in [6.07, 6.45) is 2.33. The lowest BCUT2D eigenvalue weighted by Gasteiger charge is -2.51. The van der Waals surface area contributed by atoms with E-state index in [-0.39, 0.29) is 29.4 Å². The number of nitrogens with zero attached hydrogens (tertiary/aromatic N) is 2. The van der Waals surface area contributed by atoms with E-state index < -0.39 is 0 Å². The fourth-order valence-electron chi connectivity index (χ4n) is 2.66. The average Bonchev–Trinajstić information content (AvgIpc) is 2.94. The first-order valence-corrected chi connectivity index (χ1v) is 8.32. The first kappa shape index (κ1) is 19.6. The number of rotatable bonds is 5. The fraction of sp³-hybridized carbons (Fsp3) is 0.733. The predicted molar refractivity (Wildman–Crippen MR) is 103 cm³/mol. The molecule has 126 valence electrons. The minimum Gasteiger partial charge on any atom is -0.381 e. The van der Waals surface area contributed by atoms with E-state index in [1.807, 2.05) is 0 Å². The Kier molecular flexibility index (Phi) is 7.54. The highest BCUT2D eigenvalue weighted by Crippen LogP contribution is 2.42. The minimum absolute atomic E-state index is 0. The molecule has 0 radical (unpaired) electrons. The number of methoxy groups -OCH3 is 1. The zero-order valence-electron chi connectivity index (χ0n) is 14.0. The number of aryl methyl sites for hydroxylation is 1. The fourth-order valence-corrected chi connectivity index (χ4v) is 3.40. The lowest BCUT2D eigenvalue weighted by Crippen LogP contribution is -2.63. The molecule has 22 heavy (non-hydrogen) atoms. The summed E-state index contributed by atoms with van der Waals surface area (Å²) >= 11 is 1.71. The van der Waals surface area contributed by atoms with Gasteiger partial charge in [-0.05, 0) is 12.8 Å². The number of halogens is 1. The summed E-state index contributed by atoms with van der Waals surface area (Å²) in [6.45, 7) is 7.28. The smallest absolute Gasteiger partial charge is 0.191 e. The zero-order chi connectivity index (χ0) is 15.5. The topological polar surface area (TPSA) is 58.5 Å². The molecule has 2 unspecified atom stereocenters. The average molecular weight is 438 g/mol. The second-order valence-electron chi connectivity index (χ2n) is 5.99. The molecule has 0 saturated heterocycles. The molecule has 0 aromatic carbocycles. The summed E-state index contributed by atoms with van der Waals surface area (Å²) in [5.74, 6) is 0.827. The van der Waals surface area contributed by atoms with Gasteiger partial charge in [-0.3, -0.25) is 4.99 Å². The number of thiazole rings is 1. The summed E-state index contributed by atoms with van der Waals surface area (Å²) in [5, 5.41) is 10.1. The maximum absolute atomic E-state index is 5.48. The molecule has 7 heteroatoms. The second kappa shape index (κ2) is 8.44. The number of nitrogens with one attached hydrogen (secondary N) is 2. The molecule has 1 aromatic rings. The van der Waals surface area contributed by atoms with Gasteiger partial charge < -0.3 is 15.4 Å². The number of guanidine groups is 1. The van der Waals surface area contributed by atoms with Gasteiger partial charge in [-0.25, -0.2) is 4.98 Å². The maximum atomic E-state index is 5.48. The Morgan fingerprint density at radius 2 is 2.27 bits per heavy atom. The molecule has 1 aliphatic rings. The van der Waals surface area contributed by atoms with Crippen LogP contribution < -0.4 is 10.6 Å². The lowest BCUT2D eigenvalue weighted by atomic mass is 9.64. The molecule has 1 fully saturated rings. The second-order valence-corrected chi connectivity index (χ2v) is 6.93. The SMILES string of the molecule is CCc1nc(CNC(=NC)NC2CC(OC)C2(C)C)cs1.I. The van der Waals surface area contributed by atoms with Gasteiger partial charge in [-0.15, -0.1) is 35.3 Å². The molecule has 1 heterocycles. The number of aliphatic imine (C=N–C) groups is 1. The molecule has 0 aliphatic heterocycles. The van der Waals surface area contributed by atoms with E-state index in [1.165, 1.54) is 5.01 Å². The van der Waals surface area contributed by atoms with Crippen LogP contribution in [0.2, 0.25) is 0 Å². The summed E-state index contributed by atoms with van der Waals surface area (Å²) in [6, 6.07) is 0.385. The van der Waals surface area contributed by atoms with Crippen LogP contribution in [0.3, 0.4) is 0 Å². The van der Waals surface area contributed by atoms with Crippen molar-refractivity contribution >= 4 is 41.3 Å². The third-order valence-corrected chi connectivity index (χ3v) is 5.38. The molecule has 2 N–H and O–H groups in total. The quantitative estimate of drug-likeness (QED) is 0.422. The summed E-state index contributed by atoms with van der Waals surface area (Å²) in [7, 11) is 3.58. The molecule has 2 atom stereocenters. The van der Waals surface area contributed by atoms with Crippen LogP contribution in [0, 0.1) is 5.41 Å². The third-order valence-electron chi connectivity index (χ3n) is 4.34. The Balaban J connectivity index is 0.00000242. The van der Waals surface area contributed by atoms with Crippen LogP contribution in [-0.4, -0.2) is 37.2 Å². The van der Waals surface area contributed by atoms with E-state index in [9.17, 15) is 0 Å². The highest BCUT2D eigenvalue weighted by molar-refractivity contribution is 14.0. The van der Waals surface area contributed by atoms with Crippen LogP contribution in [0.4, 0.5) is 0 Å². The van der Waals surface area contributed by atoms with Crippen LogP contribution in [0.15, 0.2) is 10.4 Å². The van der Waals surface area contributed by atoms with E-state index in [2.05, 4.69) is 46.8 Å². The van der Waals surface area contributed by atoms with Gasteiger partial charge in [-0.2, -0.15) is 0 Å². The number of hydrogen-bond acceptors (Lipinski definition) is 4. The van der Waals surface area contributed by atoms with Gasteiger partial charge in [0, 0.05) is 31.0 Å². The van der Waals surface area contributed by atoms with Crippen molar-refractivity contribution in [3.63, 3.8) is 0 Å². The lowest BCUT2D eigenvalue weighted by molar-refractivity contribution is -0.0922. The molecule has 5 nitrogen and oxygen atoms in total. The first-order chi connectivity index (χ1) is 10.0. The van der Waals surface area contributed by atoms with Crippen molar-refractivity contribution in [1.29, 1.82) is 0 Å². The van der Waals surface area contributed by atoms with Crippen molar-refractivity contribution in [3.05, 3.63) is 16.1 Å². The monoisotopic (exact) mass is 438 g/mol. The van der Waals surface area contributed by atoms with Gasteiger partial charge >= 0.3 is 0 Å². The predicted octanol–water partition coefficient (Wildman–Crippen LogP) is 2.80. The molecule has 2 rings (SSSR count). The third kappa shape index (κ3) is 4.32. The first-order valence-electron chi connectivity index (χ1n) is 7.44. The standard InChI is InChI=1S/C15H26N4OS.HI/c1-6-13-18-10(9-21-13)8-17-14(16-4)19-11-7-12(20-5)15(11,2)3;/h9,11-12H,6-8H2,1-5H3,(H2,16,17,19);1H. The van der Waals surface area contributed by atoms with Crippen LogP contribution in [0.1, 0.15) is 37.9 Å². The maximum Gasteiger partial charge on any atom is 0.191 e. The zero-order valence-corrected chi connectivity index (χ0v) is 17.1. The van der Waals surface area contributed by atoms with Crippen molar-refractivity contribution in [2.75, 3.05) is 14.2 Å². The molecule has 1 aromatic heterocycles. The van der Waals surface area contributed by atoms with E-state index in [1.54, 1.807) is 25.5 Å². The van der Waals surface area contributed by atoms with Gasteiger partial charge in [0.05, 0.1) is 23.4 Å². The largest absolute Gasteiger partial charge is 0.381 e. The van der Waals surface area contributed by atoms with Crippen molar-refractivity contribution in [2.24, 2.45) is 10.4 Å². The number of hydrogen-bond donors (Lipinski definition) is 2. The van der Waals surface area contributed by atoms with Crippen LogP contribution >= 0.6 is 35.3 Å². The van der Waals surface area contributed by atoms with Crippen molar-refractivity contribution < 1.29 is 4.74 Å². The Labute approximate surface area is 154 Å². The highest BCUT2D eigenvalue weighted by Gasteiger charge is 2.48. The normalized spacial score (nSPS) is 23.4. The summed E-state index contributed by atoms with van der Waals surface area (Å²) < 4.78 is 5.48.